The Hall–Kier alpha value is -3.42. The van der Waals surface area contributed by atoms with Crippen LogP contribution in [0.4, 0.5) is 5.95 Å². The van der Waals surface area contributed by atoms with E-state index < -0.39 is 0 Å². The number of hydrogen-bond acceptors (Lipinski definition) is 4. The number of aryl methyl sites for hydroxylation is 2. The number of aromatic nitrogens is 2. The largest absolute Gasteiger partial charge is 0.326 e. The minimum atomic E-state index is -0.278. The maximum atomic E-state index is 13.2. The van der Waals surface area contributed by atoms with Crippen LogP contribution in [0.2, 0.25) is 5.02 Å². The van der Waals surface area contributed by atoms with Crippen molar-refractivity contribution >= 4 is 40.7 Å². The van der Waals surface area contributed by atoms with Crippen LogP contribution in [0.3, 0.4) is 0 Å². The summed E-state index contributed by atoms with van der Waals surface area (Å²) < 4.78 is 1.87. The van der Waals surface area contributed by atoms with E-state index in [4.69, 9.17) is 16.6 Å². The van der Waals surface area contributed by atoms with Gasteiger partial charge in [0.25, 0.3) is 5.91 Å². The van der Waals surface area contributed by atoms with Gasteiger partial charge in [0.2, 0.25) is 11.9 Å². The van der Waals surface area contributed by atoms with Gasteiger partial charge in [-0.1, -0.05) is 35.9 Å². The Bertz CT molecular complexity index is 1370. The van der Waals surface area contributed by atoms with Crippen molar-refractivity contribution in [3.05, 3.63) is 87.2 Å². The Kier molecular flexibility index (Phi) is 6.45. The van der Waals surface area contributed by atoms with Crippen LogP contribution in [-0.2, 0) is 4.79 Å². The number of amides is 2. The van der Waals surface area contributed by atoms with E-state index in [0.29, 0.717) is 21.5 Å². The van der Waals surface area contributed by atoms with Crippen LogP contribution >= 0.6 is 22.9 Å². The highest BCUT2D eigenvalue weighted by Crippen LogP contribution is 2.30. The molecule has 0 radical (unpaired) electrons. The molecule has 0 saturated heterocycles. The van der Waals surface area contributed by atoms with E-state index >= 15 is 0 Å². The molecule has 2 heterocycles. The van der Waals surface area contributed by atoms with Crippen LogP contribution < -0.4 is 5.32 Å². The molecular formula is C27H25ClN4O2S. The molecule has 6 nitrogen and oxygen atoms in total. The topological polar surface area (TPSA) is 67.2 Å². The number of imidazole rings is 1. The molecule has 1 aliphatic carbocycles. The van der Waals surface area contributed by atoms with Crippen LogP contribution in [-0.4, -0.2) is 38.9 Å². The molecule has 35 heavy (non-hydrogen) atoms. The first-order chi connectivity index (χ1) is 16.9. The summed E-state index contributed by atoms with van der Waals surface area (Å²) in [5, 5.41) is 5.47. The first-order valence-corrected chi connectivity index (χ1v) is 12.7. The van der Waals surface area contributed by atoms with Gasteiger partial charge in [-0.2, -0.15) is 0 Å². The van der Waals surface area contributed by atoms with E-state index in [2.05, 4.69) is 25.2 Å². The lowest BCUT2D eigenvalue weighted by molar-refractivity contribution is -0.117. The number of rotatable bonds is 7. The van der Waals surface area contributed by atoms with Gasteiger partial charge in [-0.15, -0.1) is 11.3 Å². The molecule has 0 bridgehead atoms. The fourth-order valence-corrected chi connectivity index (χ4v) is 4.72. The second-order valence-corrected chi connectivity index (χ2v) is 10.2. The van der Waals surface area contributed by atoms with Gasteiger partial charge in [-0.25, -0.2) is 4.98 Å². The Balaban J connectivity index is 1.44. The summed E-state index contributed by atoms with van der Waals surface area (Å²) in [6.07, 6.45) is 3.74. The smallest absolute Gasteiger partial charge is 0.264 e. The quantitative estimate of drug-likeness (QED) is 0.330. The Morgan fingerprint density at radius 3 is 2.54 bits per heavy atom. The number of anilines is 1. The Morgan fingerprint density at radius 1 is 1.11 bits per heavy atom. The summed E-state index contributed by atoms with van der Waals surface area (Å²) >= 11 is 7.45. The van der Waals surface area contributed by atoms with Crippen LogP contribution in [0, 0.1) is 13.8 Å². The second kappa shape index (κ2) is 9.68. The van der Waals surface area contributed by atoms with Gasteiger partial charge < -0.3 is 4.90 Å². The summed E-state index contributed by atoms with van der Waals surface area (Å²) in [5.41, 5.74) is 4.82. The minimum absolute atomic E-state index is 0.0164. The lowest BCUT2D eigenvalue weighted by Crippen LogP contribution is -2.39. The van der Waals surface area contributed by atoms with E-state index in [1.165, 1.54) is 16.9 Å². The molecule has 2 amide bonds. The number of hydrogen-bond donors (Lipinski definition) is 1. The van der Waals surface area contributed by atoms with Gasteiger partial charge in [0.1, 0.15) is 6.54 Å². The van der Waals surface area contributed by atoms with Crippen LogP contribution in [0.1, 0.15) is 33.6 Å². The molecule has 0 unspecified atom stereocenters. The van der Waals surface area contributed by atoms with Crippen molar-refractivity contribution in [3.63, 3.8) is 0 Å². The molecule has 1 saturated carbocycles. The van der Waals surface area contributed by atoms with Gasteiger partial charge in [-0.05, 0) is 73.5 Å². The number of benzene rings is 2. The van der Waals surface area contributed by atoms with Gasteiger partial charge in [-0.3, -0.25) is 19.5 Å². The number of nitrogens with zero attached hydrogens (tertiary/aromatic N) is 3. The molecule has 4 aromatic rings. The molecular weight excluding hydrogens is 480 g/mol. The van der Waals surface area contributed by atoms with Crippen molar-refractivity contribution in [2.24, 2.45) is 0 Å². The van der Waals surface area contributed by atoms with E-state index in [1.807, 2.05) is 58.6 Å². The predicted octanol–water partition coefficient (Wildman–Crippen LogP) is 6.11. The zero-order chi connectivity index (χ0) is 24.5. The summed E-state index contributed by atoms with van der Waals surface area (Å²) in [6.45, 7) is 4.10. The van der Waals surface area contributed by atoms with Crippen LogP contribution in [0.5, 0.6) is 0 Å². The Morgan fingerprint density at radius 2 is 1.89 bits per heavy atom. The van der Waals surface area contributed by atoms with Crippen molar-refractivity contribution < 1.29 is 9.59 Å². The molecule has 0 aliphatic heterocycles. The van der Waals surface area contributed by atoms with Crippen molar-refractivity contribution in [2.75, 3.05) is 11.9 Å². The fourth-order valence-electron chi connectivity index (χ4n) is 3.91. The molecule has 8 heteroatoms. The van der Waals surface area contributed by atoms with E-state index in [0.717, 1.165) is 29.7 Å². The molecule has 1 N–H and O–H groups in total. The van der Waals surface area contributed by atoms with Gasteiger partial charge in [0.15, 0.2) is 0 Å². The number of carbonyl (C=O) groups is 2. The molecule has 2 aromatic carbocycles. The van der Waals surface area contributed by atoms with Gasteiger partial charge in [0.05, 0.1) is 10.6 Å². The van der Waals surface area contributed by atoms with Gasteiger partial charge in [0, 0.05) is 28.5 Å². The number of thiophene rings is 1. The predicted molar refractivity (Wildman–Crippen MR) is 140 cm³/mol. The third-order valence-corrected chi connectivity index (χ3v) is 7.27. The van der Waals surface area contributed by atoms with E-state index in [1.54, 1.807) is 11.0 Å². The lowest BCUT2D eigenvalue weighted by Gasteiger charge is -2.21. The summed E-state index contributed by atoms with van der Waals surface area (Å²) in [4.78, 5) is 33.2. The zero-order valence-electron chi connectivity index (χ0n) is 19.5. The van der Waals surface area contributed by atoms with Crippen molar-refractivity contribution in [3.8, 4) is 16.9 Å². The maximum Gasteiger partial charge on any atom is 0.264 e. The average Bonchev–Trinajstić information content (AvgIpc) is 3.36. The third-order valence-electron chi connectivity index (χ3n) is 6.16. The average molecular weight is 505 g/mol. The maximum absolute atomic E-state index is 13.2. The first kappa shape index (κ1) is 23.3. The summed E-state index contributed by atoms with van der Waals surface area (Å²) in [6, 6.07) is 17.3. The highest BCUT2D eigenvalue weighted by Gasteiger charge is 2.35. The number of carbonyl (C=O) groups excluding carboxylic acids is 2. The number of nitrogens with one attached hydrogen (secondary N) is 1. The summed E-state index contributed by atoms with van der Waals surface area (Å²) in [5.74, 6) is 0.0275. The fraction of sp³-hybridized carbons (Fsp3) is 0.222. The molecule has 2 aromatic heterocycles. The first-order valence-electron chi connectivity index (χ1n) is 11.5. The second-order valence-electron chi connectivity index (χ2n) is 8.78. The Labute approximate surface area is 213 Å². The molecule has 0 spiro atoms. The van der Waals surface area contributed by atoms with Gasteiger partial charge >= 0.3 is 0 Å². The van der Waals surface area contributed by atoms with Crippen LogP contribution in [0.25, 0.3) is 16.9 Å². The van der Waals surface area contributed by atoms with Crippen LogP contribution in [0.15, 0.2) is 66.2 Å². The SMILES string of the molecule is Cc1ccc(-n2cc(-c3ccc(Cl)cc3)nc2NC(=O)CN(C(=O)c2cccs2)C2CC2)cc1C. The highest BCUT2D eigenvalue weighted by atomic mass is 35.5. The molecule has 1 fully saturated rings. The van der Waals surface area contributed by atoms with Crippen molar-refractivity contribution in [2.45, 2.75) is 32.7 Å². The minimum Gasteiger partial charge on any atom is -0.326 e. The normalized spacial score (nSPS) is 13.0. The lowest BCUT2D eigenvalue weighted by atomic mass is 10.1. The van der Waals surface area contributed by atoms with E-state index in [9.17, 15) is 9.59 Å². The van der Waals surface area contributed by atoms with Crippen molar-refractivity contribution in [1.29, 1.82) is 0 Å². The number of halogens is 1. The highest BCUT2D eigenvalue weighted by molar-refractivity contribution is 7.12. The monoisotopic (exact) mass is 504 g/mol. The molecule has 0 atom stereocenters. The summed E-state index contributed by atoms with van der Waals surface area (Å²) in [7, 11) is 0. The third kappa shape index (κ3) is 5.16. The zero-order valence-corrected chi connectivity index (χ0v) is 21.1. The van der Waals surface area contributed by atoms with Crippen molar-refractivity contribution in [1.82, 2.24) is 14.5 Å². The molecule has 5 rings (SSSR count). The molecule has 178 valence electrons. The van der Waals surface area contributed by atoms with E-state index in [-0.39, 0.29) is 24.4 Å². The molecule has 1 aliphatic rings. The standard InChI is InChI=1S/C27H25ClN4O2S/c1-17-5-10-22(14-18(17)2)32-15-23(19-6-8-20(28)9-7-19)29-27(32)30-25(33)16-31(21-11-12-21)26(34)24-4-3-13-35-24/h3-10,13-15,21H,11-12,16H2,1-2H3,(H,29,30,33).